The number of carbonyl (C=O) groups excluding carboxylic acids is 1. The van der Waals surface area contributed by atoms with Crippen molar-refractivity contribution in [2.45, 2.75) is 57.4 Å². The van der Waals surface area contributed by atoms with Crippen molar-refractivity contribution < 1.29 is 4.79 Å². The summed E-state index contributed by atoms with van der Waals surface area (Å²) < 4.78 is 0. The van der Waals surface area contributed by atoms with Gasteiger partial charge in [0.05, 0.1) is 0 Å². The van der Waals surface area contributed by atoms with Crippen molar-refractivity contribution >= 4 is 5.91 Å². The Kier molecular flexibility index (Phi) is 6.74. The molecular formula is C18H28N2O. The van der Waals surface area contributed by atoms with E-state index in [1.54, 1.807) is 0 Å². The van der Waals surface area contributed by atoms with Crippen molar-refractivity contribution in [3.8, 4) is 0 Å². The van der Waals surface area contributed by atoms with Gasteiger partial charge in [0.2, 0.25) is 5.91 Å². The molecular weight excluding hydrogens is 260 g/mol. The minimum Gasteiger partial charge on any atom is -0.356 e. The fraction of sp³-hybridized carbons (Fsp3) is 0.611. The number of nitrogens with one attached hydrogen (secondary N) is 2. The van der Waals surface area contributed by atoms with Crippen LogP contribution < -0.4 is 10.6 Å². The second-order valence-electron chi connectivity index (χ2n) is 6.01. The van der Waals surface area contributed by atoms with Gasteiger partial charge in [-0.3, -0.25) is 4.79 Å². The van der Waals surface area contributed by atoms with Crippen molar-refractivity contribution in [3.05, 3.63) is 35.9 Å². The molecule has 0 bridgehead atoms. The normalized spacial score (nSPS) is 22.0. The van der Waals surface area contributed by atoms with E-state index in [0.29, 0.717) is 12.5 Å². The zero-order chi connectivity index (χ0) is 14.9. The Morgan fingerprint density at radius 3 is 2.48 bits per heavy atom. The third kappa shape index (κ3) is 5.50. The Labute approximate surface area is 128 Å². The first-order valence-electron chi connectivity index (χ1n) is 8.34. The maximum atomic E-state index is 11.5. The molecule has 1 fully saturated rings. The molecule has 0 spiro atoms. The van der Waals surface area contributed by atoms with Crippen LogP contribution in [0.1, 0.15) is 56.9 Å². The molecule has 0 atom stereocenters. The topological polar surface area (TPSA) is 41.1 Å². The summed E-state index contributed by atoms with van der Waals surface area (Å²) >= 11 is 0. The molecule has 1 aromatic carbocycles. The number of amides is 1. The van der Waals surface area contributed by atoms with Gasteiger partial charge in [-0.25, -0.2) is 0 Å². The number of rotatable bonds is 7. The first-order valence-corrected chi connectivity index (χ1v) is 8.34. The molecule has 2 N–H and O–H groups in total. The van der Waals surface area contributed by atoms with Crippen LogP contribution in [0.25, 0.3) is 0 Å². The van der Waals surface area contributed by atoms with Crippen molar-refractivity contribution in [1.82, 2.24) is 10.6 Å². The van der Waals surface area contributed by atoms with Gasteiger partial charge in [-0.2, -0.15) is 0 Å². The molecule has 0 radical (unpaired) electrons. The van der Waals surface area contributed by atoms with E-state index in [9.17, 15) is 4.79 Å². The van der Waals surface area contributed by atoms with E-state index in [4.69, 9.17) is 0 Å². The molecule has 0 aromatic heterocycles. The molecule has 0 saturated heterocycles. The van der Waals surface area contributed by atoms with Gasteiger partial charge in [-0.15, -0.1) is 0 Å². The maximum Gasteiger partial charge on any atom is 0.221 e. The van der Waals surface area contributed by atoms with Gasteiger partial charge < -0.3 is 10.6 Å². The molecule has 2 rings (SSSR count). The first-order chi connectivity index (χ1) is 10.3. The SMILES string of the molecule is CCCNC(=O)CCNC1CCC(c2ccccc2)CC1. The van der Waals surface area contributed by atoms with E-state index in [0.717, 1.165) is 25.4 Å². The predicted molar refractivity (Wildman–Crippen MR) is 87.4 cm³/mol. The molecule has 1 aliphatic carbocycles. The highest BCUT2D eigenvalue weighted by atomic mass is 16.1. The molecule has 0 unspecified atom stereocenters. The van der Waals surface area contributed by atoms with Crippen molar-refractivity contribution in [1.29, 1.82) is 0 Å². The van der Waals surface area contributed by atoms with Gasteiger partial charge in [0, 0.05) is 25.6 Å². The van der Waals surface area contributed by atoms with Crippen LogP contribution in [-0.2, 0) is 4.79 Å². The summed E-state index contributed by atoms with van der Waals surface area (Å²) in [5.41, 5.74) is 1.48. The Hall–Kier alpha value is -1.35. The van der Waals surface area contributed by atoms with Gasteiger partial charge >= 0.3 is 0 Å². The molecule has 0 aliphatic heterocycles. The smallest absolute Gasteiger partial charge is 0.221 e. The van der Waals surface area contributed by atoms with Crippen molar-refractivity contribution in [3.63, 3.8) is 0 Å². The van der Waals surface area contributed by atoms with Crippen LogP contribution in [0.4, 0.5) is 0 Å². The molecule has 1 aromatic rings. The molecule has 3 nitrogen and oxygen atoms in total. The minimum atomic E-state index is 0.169. The zero-order valence-electron chi connectivity index (χ0n) is 13.1. The monoisotopic (exact) mass is 288 g/mol. The Morgan fingerprint density at radius 1 is 1.10 bits per heavy atom. The summed E-state index contributed by atoms with van der Waals surface area (Å²) in [6.07, 6.45) is 6.54. The quantitative estimate of drug-likeness (QED) is 0.809. The molecule has 116 valence electrons. The summed E-state index contributed by atoms with van der Waals surface area (Å²) in [6.45, 7) is 3.67. The lowest BCUT2D eigenvalue weighted by atomic mass is 9.82. The predicted octanol–water partition coefficient (Wildman–Crippen LogP) is 3.22. The van der Waals surface area contributed by atoms with E-state index < -0.39 is 0 Å². The fourth-order valence-corrected chi connectivity index (χ4v) is 3.10. The number of hydrogen-bond acceptors (Lipinski definition) is 2. The average molecular weight is 288 g/mol. The lowest BCUT2D eigenvalue weighted by Gasteiger charge is -2.29. The van der Waals surface area contributed by atoms with Crippen LogP contribution >= 0.6 is 0 Å². The average Bonchev–Trinajstić information content (AvgIpc) is 2.54. The zero-order valence-corrected chi connectivity index (χ0v) is 13.1. The largest absolute Gasteiger partial charge is 0.356 e. The number of benzene rings is 1. The summed E-state index contributed by atoms with van der Waals surface area (Å²) in [7, 11) is 0. The molecule has 21 heavy (non-hydrogen) atoms. The lowest BCUT2D eigenvalue weighted by molar-refractivity contribution is -0.121. The Morgan fingerprint density at radius 2 is 1.81 bits per heavy atom. The lowest BCUT2D eigenvalue weighted by Crippen LogP contribution is -2.36. The molecule has 3 heteroatoms. The standard InChI is InChI=1S/C18H28N2O/c1-2-13-20-18(21)12-14-19-17-10-8-16(9-11-17)15-6-4-3-5-7-15/h3-7,16-17,19H,2,8-14H2,1H3,(H,20,21). The second kappa shape index (κ2) is 8.83. The van der Waals surface area contributed by atoms with Gasteiger partial charge in [-0.1, -0.05) is 37.3 Å². The molecule has 0 heterocycles. The molecule has 1 amide bonds. The summed E-state index contributed by atoms with van der Waals surface area (Å²) in [4.78, 5) is 11.5. The highest BCUT2D eigenvalue weighted by Crippen LogP contribution is 2.32. The first kappa shape index (κ1) is 16.0. The van der Waals surface area contributed by atoms with Crippen molar-refractivity contribution in [2.75, 3.05) is 13.1 Å². The summed E-state index contributed by atoms with van der Waals surface area (Å²) in [5, 5.41) is 6.46. The Bertz CT molecular complexity index is 410. The van der Waals surface area contributed by atoms with Crippen molar-refractivity contribution in [2.24, 2.45) is 0 Å². The van der Waals surface area contributed by atoms with E-state index in [-0.39, 0.29) is 5.91 Å². The van der Waals surface area contributed by atoms with Gasteiger partial charge in [0.1, 0.15) is 0 Å². The van der Waals surface area contributed by atoms with Crippen LogP contribution in [0.3, 0.4) is 0 Å². The fourth-order valence-electron chi connectivity index (χ4n) is 3.10. The van der Waals surface area contributed by atoms with Crippen LogP contribution in [0, 0.1) is 0 Å². The van der Waals surface area contributed by atoms with Crippen LogP contribution in [0.2, 0.25) is 0 Å². The summed E-state index contributed by atoms with van der Waals surface area (Å²) in [5.74, 6) is 0.888. The highest BCUT2D eigenvalue weighted by molar-refractivity contribution is 5.75. The maximum absolute atomic E-state index is 11.5. The molecule has 1 saturated carbocycles. The highest BCUT2D eigenvalue weighted by Gasteiger charge is 2.21. The van der Waals surface area contributed by atoms with Gasteiger partial charge in [0.25, 0.3) is 0 Å². The Balaban J connectivity index is 1.62. The van der Waals surface area contributed by atoms with Crippen LogP contribution in [0.15, 0.2) is 30.3 Å². The number of hydrogen-bond donors (Lipinski definition) is 2. The van der Waals surface area contributed by atoms with E-state index in [1.807, 2.05) is 0 Å². The van der Waals surface area contributed by atoms with Crippen LogP contribution in [0.5, 0.6) is 0 Å². The van der Waals surface area contributed by atoms with Gasteiger partial charge in [0.15, 0.2) is 0 Å². The van der Waals surface area contributed by atoms with Crippen LogP contribution in [-0.4, -0.2) is 25.0 Å². The van der Waals surface area contributed by atoms with E-state index in [2.05, 4.69) is 47.9 Å². The number of carbonyl (C=O) groups is 1. The third-order valence-electron chi connectivity index (χ3n) is 4.36. The molecule has 1 aliphatic rings. The minimum absolute atomic E-state index is 0.169. The third-order valence-corrected chi connectivity index (χ3v) is 4.36. The second-order valence-corrected chi connectivity index (χ2v) is 6.01. The van der Waals surface area contributed by atoms with Gasteiger partial charge in [-0.05, 0) is 43.6 Å². The summed E-state index contributed by atoms with van der Waals surface area (Å²) in [6, 6.07) is 11.4. The van der Waals surface area contributed by atoms with E-state index >= 15 is 0 Å². The van der Waals surface area contributed by atoms with E-state index in [1.165, 1.54) is 31.2 Å².